The van der Waals surface area contributed by atoms with Crippen molar-refractivity contribution in [2.45, 2.75) is 6.42 Å². The second-order valence-corrected chi connectivity index (χ2v) is 7.68. The monoisotopic (exact) mass is 414 g/mol. The Kier molecular flexibility index (Phi) is 5.46. The van der Waals surface area contributed by atoms with Gasteiger partial charge >= 0.3 is 0 Å². The minimum absolute atomic E-state index is 0.230. The highest BCUT2D eigenvalue weighted by Crippen LogP contribution is 2.33. The van der Waals surface area contributed by atoms with Crippen LogP contribution in [0.2, 0.25) is 0 Å². The summed E-state index contributed by atoms with van der Waals surface area (Å²) in [5, 5.41) is 10.6. The van der Waals surface area contributed by atoms with E-state index in [1.807, 2.05) is 60.7 Å². The fraction of sp³-hybridized carbons (Fsp3) is 0.0345. The first-order chi connectivity index (χ1) is 15.8. The molecule has 0 aliphatic rings. The Morgan fingerprint density at radius 2 is 1.38 bits per heavy atom. The van der Waals surface area contributed by atoms with E-state index < -0.39 is 0 Å². The summed E-state index contributed by atoms with van der Waals surface area (Å²) in [6.07, 6.45) is 2.54. The lowest BCUT2D eigenvalue weighted by Crippen LogP contribution is -1.98. The molecule has 3 heteroatoms. The summed E-state index contributed by atoms with van der Waals surface area (Å²) in [5.74, 6) is 0.230. The molecule has 0 atom stereocenters. The molecule has 0 bridgehead atoms. The smallest absolute Gasteiger partial charge is 0.124 e. The number of aromatic nitrogens is 2. The van der Waals surface area contributed by atoms with Gasteiger partial charge in [-0.1, -0.05) is 72.8 Å². The third-order valence-electron chi connectivity index (χ3n) is 5.49. The fourth-order valence-electron chi connectivity index (χ4n) is 3.89. The molecule has 0 aliphatic heterocycles. The molecule has 3 aromatic carbocycles. The van der Waals surface area contributed by atoms with Crippen LogP contribution < -0.4 is 0 Å². The Bertz CT molecular complexity index is 1350. The summed E-state index contributed by atoms with van der Waals surface area (Å²) < 4.78 is 0. The first kappa shape index (κ1) is 19.7. The molecule has 32 heavy (non-hydrogen) atoms. The molecule has 0 saturated heterocycles. The normalized spacial score (nSPS) is 10.8. The van der Waals surface area contributed by atoms with Crippen molar-refractivity contribution in [1.29, 1.82) is 0 Å². The quantitative estimate of drug-likeness (QED) is 0.345. The molecule has 5 aromatic rings. The van der Waals surface area contributed by atoms with Gasteiger partial charge in [-0.25, -0.2) is 4.98 Å². The Morgan fingerprint density at radius 1 is 0.625 bits per heavy atom. The highest BCUT2D eigenvalue weighted by Gasteiger charge is 2.14. The lowest BCUT2D eigenvalue weighted by Gasteiger charge is -2.13. The number of para-hydroxylation sites is 1. The molecular formula is C29H22N2O. The molecule has 0 spiro atoms. The number of aromatic hydroxyl groups is 1. The fourth-order valence-corrected chi connectivity index (χ4v) is 3.89. The van der Waals surface area contributed by atoms with Crippen LogP contribution in [0.25, 0.3) is 33.8 Å². The van der Waals surface area contributed by atoms with E-state index in [9.17, 15) is 5.11 Å². The largest absolute Gasteiger partial charge is 0.507 e. The van der Waals surface area contributed by atoms with E-state index in [0.29, 0.717) is 0 Å². The molecule has 5 rings (SSSR count). The standard InChI is InChI=1S/C29H22N2O/c32-28-15-5-4-13-25(28)29-24(19-21-9-2-1-3-10-21)16-17-27(31-29)23-12-8-11-22(20-23)26-14-6-7-18-30-26/h1-18,20,32H,19H2. The lowest BCUT2D eigenvalue weighted by molar-refractivity contribution is 0.477. The van der Waals surface area contributed by atoms with Crippen LogP contribution >= 0.6 is 0 Å². The summed E-state index contributed by atoms with van der Waals surface area (Å²) in [6, 6.07) is 36.0. The highest BCUT2D eigenvalue weighted by atomic mass is 16.3. The van der Waals surface area contributed by atoms with Gasteiger partial charge in [0.05, 0.1) is 17.1 Å². The zero-order valence-electron chi connectivity index (χ0n) is 17.5. The van der Waals surface area contributed by atoms with Gasteiger partial charge < -0.3 is 5.11 Å². The molecular weight excluding hydrogens is 392 g/mol. The summed E-state index contributed by atoms with van der Waals surface area (Å²) in [6.45, 7) is 0. The Labute approximate surface area is 187 Å². The van der Waals surface area contributed by atoms with E-state index in [1.165, 1.54) is 5.56 Å². The van der Waals surface area contributed by atoms with E-state index in [-0.39, 0.29) is 5.75 Å². The minimum atomic E-state index is 0.230. The van der Waals surface area contributed by atoms with Crippen molar-refractivity contribution < 1.29 is 5.11 Å². The van der Waals surface area contributed by atoms with Crippen molar-refractivity contribution in [2.24, 2.45) is 0 Å². The van der Waals surface area contributed by atoms with Crippen LogP contribution in [0, 0.1) is 0 Å². The molecule has 1 N–H and O–H groups in total. The average molecular weight is 415 g/mol. The summed E-state index contributed by atoms with van der Waals surface area (Å²) in [4.78, 5) is 9.49. The predicted molar refractivity (Wildman–Crippen MR) is 129 cm³/mol. The number of hydrogen-bond acceptors (Lipinski definition) is 3. The number of rotatable bonds is 5. The van der Waals surface area contributed by atoms with Gasteiger partial charge in [-0.3, -0.25) is 4.98 Å². The van der Waals surface area contributed by atoms with Crippen LogP contribution in [0.4, 0.5) is 0 Å². The topological polar surface area (TPSA) is 46.0 Å². The maximum atomic E-state index is 10.6. The van der Waals surface area contributed by atoms with E-state index in [2.05, 4.69) is 47.4 Å². The number of benzene rings is 3. The van der Waals surface area contributed by atoms with Crippen LogP contribution in [0.3, 0.4) is 0 Å². The molecule has 0 amide bonds. The van der Waals surface area contributed by atoms with Gasteiger partial charge in [0.2, 0.25) is 0 Å². The predicted octanol–water partition coefficient (Wildman–Crippen LogP) is 6.77. The number of phenols is 1. The van der Waals surface area contributed by atoms with Crippen LogP contribution in [0.15, 0.2) is 115 Å². The molecule has 0 saturated carbocycles. The van der Waals surface area contributed by atoms with Crippen LogP contribution in [-0.2, 0) is 6.42 Å². The number of phenolic OH excluding ortho intramolecular Hbond substituents is 1. The molecule has 2 aromatic heterocycles. The van der Waals surface area contributed by atoms with Crippen molar-refractivity contribution >= 4 is 0 Å². The van der Waals surface area contributed by atoms with Gasteiger partial charge in [0.25, 0.3) is 0 Å². The van der Waals surface area contributed by atoms with Gasteiger partial charge in [-0.2, -0.15) is 0 Å². The van der Waals surface area contributed by atoms with E-state index in [0.717, 1.165) is 45.8 Å². The average Bonchev–Trinajstić information content (AvgIpc) is 2.86. The lowest BCUT2D eigenvalue weighted by atomic mass is 9.97. The molecule has 3 nitrogen and oxygen atoms in total. The maximum Gasteiger partial charge on any atom is 0.124 e. The third kappa shape index (κ3) is 4.14. The summed E-state index contributed by atoms with van der Waals surface area (Å²) >= 11 is 0. The molecule has 0 aliphatic carbocycles. The SMILES string of the molecule is Oc1ccccc1-c1nc(-c2cccc(-c3ccccn3)c2)ccc1Cc1ccccc1. The second-order valence-electron chi connectivity index (χ2n) is 7.68. The first-order valence-electron chi connectivity index (χ1n) is 10.6. The van der Waals surface area contributed by atoms with Crippen LogP contribution in [0.1, 0.15) is 11.1 Å². The second kappa shape index (κ2) is 8.86. The zero-order valence-corrected chi connectivity index (χ0v) is 17.5. The van der Waals surface area contributed by atoms with Crippen LogP contribution in [0.5, 0.6) is 5.75 Å². The minimum Gasteiger partial charge on any atom is -0.507 e. The first-order valence-corrected chi connectivity index (χ1v) is 10.6. The number of hydrogen-bond donors (Lipinski definition) is 1. The van der Waals surface area contributed by atoms with Gasteiger partial charge in [0.15, 0.2) is 0 Å². The van der Waals surface area contributed by atoms with Crippen molar-refractivity contribution in [3.63, 3.8) is 0 Å². The van der Waals surface area contributed by atoms with Crippen molar-refractivity contribution in [3.8, 4) is 39.5 Å². The third-order valence-corrected chi connectivity index (χ3v) is 5.49. The van der Waals surface area contributed by atoms with E-state index in [4.69, 9.17) is 4.98 Å². The zero-order chi connectivity index (χ0) is 21.8. The van der Waals surface area contributed by atoms with Crippen molar-refractivity contribution in [1.82, 2.24) is 9.97 Å². The van der Waals surface area contributed by atoms with Crippen molar-refractivity contribution in [2.75, 3.05) is 0 Å². The number of pyridine rings is 2. The molecule has 154 valence electrons. The Hall–Kier alpha value is -4.24. The molecule has 2 heterocycles. The van der Waals surface area contributed by atoms with E-state index >= 15 is 0 Å². The van der Waals surface area contributed by atoms with Gasteiger partial charge in [-0.15, -0.1) is 0 Å². The molecule has 0 unspecified atom stereocenters. The van der Waals surface area contributed by atoms with E-state index in [1.54, 1.807) is 12.3 Å². The molecule has 0 radical (unpaired) electrons. The van der Waals surface area contributed by atoms with Gasteiger partial charge in [-0.05, 0) is 53.9 Å². The van der Waals surface area contributed by atoms with Crippen LogP contribution in [-0.4, -0.2) is 15.1 Å². The van der Waals surface area contributed by atoms with Gasteiger partial charge in [0.1, 0.15) is 5.75 Å². The highest BCUT2D eigenvalue weighted by molar-refractivity contribution is 5.75. The summed E-state index contributed by atoms with van der Waals surface area (Å²) in [5.41, 5.74) is 7.65. The summed E-state index contributed by atoms with van der Waals surface area (Å²) in [7, 11) is 0. The van der Waals surface area contributed by atoms with Crippen molar-refractivity contribution in [3.05, 3.63) is 127 Å². The van der Waals surface area contributed by atoms with Gasteiger partial charge in [0, 0.05) is 22.9 Å². The maximum absolute atomic E-state index is 10.6. The molecule has 0 fully saturated rings. The Balaban J connectivity index is 1.61. The Morgan fingerprint density at radius 3 is 2.16 bits per heavy atom. The number of nitrogens with zero attached hydrogens (tertiary/aromatic N) is 2.